The molecule has 15 heavy (non-hydrogen) atoms. The molecule has 0 bridgehead atoms. The largest absolute Gasteiger partial charge is 0.451 e. The minimum atomic E-state index is -0.470. The van der Waals surface area contributed by atoms with Gasteiger partial charge in [0.15, 0.2) is 0 Å². The third-order valence-corrected chi connectivity index (χ3v) is 2.93. The SMILES string of the molecule is CC(C)c1ccc2c(c1)C(=O)OC2(C)C. The lowest BCUT2D eigenvalue weighted by atomic mass is 9.92. The highest BCUT2D eigenvalue weighted by Crippen LogP contribution is 2.36. The molecule has 0 aliphatic carbocycles. The van der Waals surface area contributed by atoms with Gasteiger partial charge in [0.2, 0.25) is 0 Å². The molecule has 0 atom stereocenters. The Labute approximate surface area is 90.3 Å². The molecule has 0 fully saturated rings. The number of fused-ring (bicyclic) bond motifs is 1. The number of rotatable bonds is 1. The van der Waals surface area contributed by atoms with Crippen LogP contribution in [0.25, 0.3) is 0 Å². The Kier molecular flexibility index (Phi) is 2.10. The molecule has 0 unspecified atom stereocenters. The van der Waals surface area contributed by atoms with Crippen molar-refractivity contribution in [2.75, 3.05) is 0 Å². The topological polar surface area (TPSA) is 26.3 Å². The summed E-state index contributed by atoms with van der Waals surface area (Å²) >= 11 is 0. The van der Waals surface area contributed by atoms with Crippen molar-refractivity contribution in [3.8, 4) is 0 Å². The molecular formula is C13H16O2. The first-order chi connectivity index (χ1) is 6.92. The molecule has 0 radical (unpaired) electrons. The van der Waals surface area contributed by atoms with Gasteiger partial charge in [-0.25, -0.2) is 4.79 Å². The number of benzene rings is 1. The number of hydrogen-bond donors (Lipinski definition) is 0. The molecule has 80 valence electrons. The molecule has 0 saturated carbocycles. The molecule has 1 aromatic carbocycles. The fourth-order valence-electron chi connectivity index (χ4n) is 1.96. The fourth-order valence-corrected chi connectivity index (χ4v) is 1.96. The van der Waals surface area contributed by atoms with Crippen molar-refractivity contribution < 1.29 is 9.53 Å². The van der Waals surface area contributed by atoms with Crippen LogP contribution in [0, 0.1) is 0 Å². The lowest BCUT2D eigenvalue weighted by Gasteiger charge is -2.17. The highest BCUT2D eigenvalue weighted by Gasteiger charge is 2.37. The van der Waals surface area contributed by atoms with Crippen LogP contribution in [0.1, 0.15) is 55.1 Å². The predicted octanol–water partition coefficient (Wildman–Crippen LogP) is 3.22. The minimum Gasteiger partial charge on any atom is -0.451 e. The number of cyclic esters (lactones) is 1. The summed E-state index contributed by atoms with van der Waals surface area (Å²) in [5, 5.41) is 0. The molecule has 0 aromatic heterocycles. The zero-order valence-electron chi connectivity index (χ0n) is 9.63. The van der Waals surface area contributed by atoms with Crippen molar-refractivity contribution in [3.63, 3.8) is 0 Å². The third-order valence-electron chi connectivity index (χ3n) is 2.93. The van der Waals surface area contributed by atoms with Gasteiger partial charge in [-0.3, -0.25) is 0 Å². The molecule has 2 rings (SSSR count). The first kappa shape index (κ1) is 10.2. The van der Waals surface area contributed by atoms with Gasteiger partial charge >= 0.3 is 5.97 Å². The van der Waals surface area contributed by atoms with Crippen LogP contribution in [0.15, 0.2) is 18.2 Å². The molecule has 1 aromatic rings. The van der Waals surface area contributed by atoms with Crippen molar-refractivity contribution in [2.24, 2.45) is 0 Å². The second-order valence-electron chi connectivity index (χ2n) is 4.86. The molecule has 0 spiro atoms. The van der Waals surface area contributed by atoms with Gasteiger partial charge in [0.05, 0.1) is 5.56 Å². The third kappa shape index (κ3) is 1.54. The summed E-state index contributed by atoms with van der Waals surface area (Å²) in [7, 11) is 0. The van der Waals surface area contributed by atoms with Crippen LogP contribution in [0.4, 0.5) is 0 Å². The van der Waals surface area contributed by atoms with Crippen molar-refractivity contribution in [2.45, 2.75) is 39.2 Å². The lowest BCUT2D eigenvalue weighted by molar-refractivity contribution is 0.00954. The highest BCUT2D eigenvalue weighted by atomic mass is 16.6. The second-order valence-corrected chi connectivity index (χ2v) is 4.86. The molecule has 2 nitrogen and oxygen atoms in total. The van der Waals surface area contributed by atoms with Crippen LogP contribution < -0.4 is 0 Å². The number of carbonyl (C=O) groups excluding carboxylic acids is 1. The van der Waals surface area contributed by atoms with Gasteiger partial charge in [-0.1, -0.05) is 26.0 Å². The van der Waals surface area contributed by atoms with E-state index in [1.54, 1.807) is 0 Å². The minimum absolute atomic E-state index is 0.197. The van der Waals surface area contributed by atoms with Gasteiger partial charge in [-0.15, -0.1) is 0 Å². The quantitative estimate of drug-likeness (QED) is 0.656. The van der Waals surface area contributed by atoms with E-state index < -0.39 is 5.60 Å². The maximum atomic E-state index is 11.6. The Bertz CT molecular complexity index is 417. The summed E-state index contributed by atoms with van der Waals surface area (Å²) in [6.07, 6.45) is 0. The van der Waals surface area contributed by atoms with Crippen LogP contribution in [0.3, 0.4) is 0 Å². The predicted molar refractivity (Wildman–Crippen MR) is 59.0 cm³/mol. The van der Waals surface area contributed by atoms with E-state index in [4.69, 9.17) is 4.74 Å². The normalized spacial score (nSPS) is 17.8. The average molecular weight is 204 g/mol. The Balaban J connectivity index is 2.56. The zero-order valence-corrected chi connectivity index (χ0v) is 9.63. The Morgan fingerprint density at radius 2 is 1.93 bits per heavy atom. The maximum absolute atomic E-state index is 11.6. The van der Waals surface area contributed by atoms with Crippen molar-refractivity contribution in [1.29, 1.82) is 0 Å². The van der Waals surface area contributed by atoms with E-state index in [-0.39, 0.29) is 5.97 Å². The van der Waals surface area contributed by atoms with E-state index in [9.17, 15) is 4.79 Å². The first-order valence-corrected chi connectivity index (χ1v) is 5.29. The summed E-state index contributed by atoms with van der Waals surface area (Å²) in [5.41, 5.74) is 2.44. The zero-order chi connectivity index (χ0) is 11.2. The fraction of sp³-hybridized carbons (Fsp3) is 0.462. The van der Waals surface area contributed by atoms with Gasteiger partial charge in [0.1, 0.15) is 5.60 Å². The van der Waals surface area contributed by atoms with Crippen LogP contribution in [0.2, 0.25) is 0 Å². The highest BCUT2D eigenvalue weighted by molar-refractivity contribution is 5.94. The summed E-state index contributed by atoms with van der Waals surface area (Å²) in [6, 6.07) is 6.04. The Morgan fingerprint density at radius 1 is 1.27 bits per heavy atom. The van der Waals surface area contributed by atoms with Gasteiger partial charge in [-0.2, -0.15) is 0 Å². The van der Waals surface area contributed by atoms with E-state index in [0.717, 1.165) is 11.1 Å². The van der Waals surface area contributed by atoms with Gasteiger partial charge < -0.3 is 4.74 Å². The van der Waals surface area contributed by atoms with Gasteiger partial charge in [0, 0.05) is 5.56 Å². The molecule has 1 aliphatic rings. The smallest absolute Gasteiger partial charge is 0.339 e. The van der Waals surface area contributed by atoms with E-state index in [1.165, 1.54) is 5.56 Å². The Morgan fingerprint density at radius 3 is 2.53 bits per heavy atom. The van der Waals surface area contributed by atoms with E-state index in [1.807, 2.05) is 26.0 Å². The van der Waals surface area contributed by atoms with Crippen molar-refractivity contribution in [3.05, 3.63) is 34.9 Å². The molecule has 1 aliphatic heterocycles. The van der Waals surface area contributed by atoms with Crippen LogP contribution >= 0.6 is 0 Å². The van der Waals surface area contributed by atoms with Gasteiger partial charge in [-0.05, 0) is 31.4 Å². The van der Waals surface area contributed by atoms with E-state index in [0.29, 0.717) is 5.92 Å². The number of hydrogen-bond acceptors (Lipinski definition) is 2. The molecule has 1 heterocycles. The number of ether oxygens (including phenoxy) is 1. The summed E-state index contributed by atoms with van der Waals surface area (Å²) in [4.78, 5) is 11.6. The van der Waals surface area contributed by atoms with E-state index in [2.05, 4.69) is 19.9 Å². The average Bonchev–Trinajstić information content (AvgIpc) is 2.37. The number of esters is 1. The van der Waals surface area contributed by atoms with Crippen LogP contribution in [-0.4, -0.2) is 5.97 Å². The molecular weight excluding hydrogens is 188 g/mol. The van der Waals surface area contributed by atoms with Gasteiger partial charge in [0.25, 0.3) is 0 Å². The summed E-state index contributed by atoms with van der Waals surface area (Å²) in [5.74, 6) is 0.240. The van der Waals surface area contributed by atoms with Crippen LogP contribution in [-0.2, 0) is 10.3 Å². The van der Waals surface area contributed by atoms with Crippen molar-refractivity contribution in [1.82, 2.24) is 0 Å². The van der Waals surface area contributed by atoms with Crippen molar-refractivity contribution >= 4 is 5.97 Å². The summed E-state index contributed by atoms with van der Waals surface area (Å²) in [6.45, 7) is 8.08. The molecule has 0 amide bonds. The molecule has 2 heteroatoms. The van der Waals surface area contributed by atoms with Crippen LogP contribution in [0.5, 0.6) is 0 Å². The standard InChI is InChI=1S/C13H16O2/c1-8(2)9-5-6-11-10(7-9)12(14)15-13(11,3)4/h5-8H,1-4H3. The first-order valence-electron chi connectivity index (χ1n) is 5.29. The molecule has 0 saturated heterocycles. The summed E-state index contributed by atoms with van der Waals surface area (Å²) < 4.78 is 5.31. The number of carbonyl (C=O) groups is 1. The molecule has 0 N–H and O–H groups in total. The Hall–Kier alpha value is -1.31. The lowest BCUT2D eigenvalue weighted by Crippen LogP contribution is -2.15. The monoisotopic (exact) mass is 204 g/mol. The van der Waals surface area contributed by atoms with E-state index >= 15 is 0 Å². The second kappa shape index (κ2) is 3.09. The maximum Gasteiger partial charge on any atom is 0.339 e.